The van der Waals surface area contributed by atoms with Crippen LogP contribution in [0, 0.1) is 0 Å². The second-order valence-corrected chi connectivity index (χ2v) is 7.38. The summed E-state index contributed by atoms with van der Waals surface area (Å²) in [6, 6.07) is 14.8. The van der Waals surface area contributed by atoms with E-state index >= 15 is 0 Å². The Balaban J connectivity index is 1.83. The van der Waals surface area contributed by atoms with Crippen LogP contribution in [-0.4, -0.2) is 30.4 Å². The van der Waals surface area contributed by atoms with Gasteiger partial charge in [-0.25, -0.2) is 4.79 Å². The Morgan fingerprint density at radius 2 is 1.78 bits per heavy atom. The maximum absolute atomic E-state index is 12.3. The molecule has 0 unspecified atom stereocenters. The highest BCUT2D eigenvalue weighted by Crippen LogP contribution is 2.32. The first-order valence-corrected chi connectivity index (χ1v) is 9.34. The normalized spacial score (nSPS) is 22.8. The fraction of sp³-hybridized carbons (Fsp3) is 0.318. The minimum Gasteiger partial charge on any atom is -0.507 e. The quantitative estimate of drug-likeness (QED) is 0.699. The molecule has 0 radical (unpaired) electrons. The molecular weight excluding hydrogens is 342 g/mol. The molecule has 0 aliphatic carbocycles. The van der Waals surface area contributed by atoms with Gasteiger partial charge in [0.2, 0.25) is 0 Å². The lowest BCUT2D eigenvalue weighted by atomic mass is 9.99. The van der Waals surface area contributed by atoms with Gasteiger partial charge in [0.25, 0.3) is 0 Å². The van der Waals surface area contributed by atoms with E-state index in [-0.39, 0.29) is 18.0 Å². The van der Waals surface area contributed by atoms with Crippen molar-refractivity contribution < 1.29 is 19.2 Å². The molecule has 1 saturated heterocycles. The van der Waals surface area contributed by atoms with Crippen molar-refractivity contribution in [3.63, 3.8) is 0 Å². The van der Waals surface area contributed by atoms with Gasteiger partial charge >= 0.3 is 5.63 Å². The van der Waals surface area contributed by atoms with Gasteiger partial charge in [0.15, 0.2) is 5.58 Å². The Labute approximate surface area is 157 Å². The van der Waals surface area contributed by atoms with Gasteiger partial charge in [-0.2, -0.15) is 0 Å². The molecule has 1 fully saturated rings. The smallest absolute Gasteiger partial charge is 0.336 e. The lowest BCUT2D eigenvalue weighted by Gasteiger charge is -2.32. The van der Waals surface area contributed by atoms with Crippen LogP contribution < -0.4 is 10.5 Å². The first-order chi connectivity index (χ1) is 13.0. The van der Waals surface area contributed by atoms with E-state index < -0.39 is 5.63 Å². The molecule has 0 bridgehead atoms. The summed E-state index contributed by atoms with van der Waals surface area (Å²) in [7, 11) is 0. The zero-order valence-corrected chi connectivity index (χ0v) is 15.6. The van der Waals surface area contributed by atoms with Crippen molar-refractivity contribution in [2.75, 3.05) is 13.1 Å². The van der Waals surface area contributed by atoms with Crippen LogP contribution in [-0.2, 0) is 11.3 Å². The SMILES string of the molecule is C[C@@H]1C[NH+](Cc2c(O)ccc3c(-c4ccccc4)cc(=O)oc23)C[C@@H](C)O1. The van der Waals surface area contributed by atoms with Gasteiger partial charge in [-0.3, -0.25) is 0 Å². The highest BCUT2D eigenvalue weighted by Gasteiger charge is 2.27. The van der Waals surface area contributed by atoms with E-state index in [9.17, 15) is 9.90 Å². The molecule has 140 valence electrons. The molecule has 0 amide bonds. The van der Waals surface area contributed by atoms with E-state index in [0.717, 1.165) is 29.6 Å². The average molecular weight is 366 g/mol. The van der Waals surface area contributed by atoms with Gasteiger partial charge in [-0.05, 0) is 37.1 Å². The van der Waals surface area contributed by atoms with Crippen LogP contribution in [0.1, 0.15) is 19.4 Å². The summed E-state index contributed by atoms with van der Waals surface area (Å²) < 4.78 is 11.4. The van der Waals surface area contributed by atoms with E-state index in [4.69, 9.17) is 9.15 Å². The van der Waals surface area contributed by atoms with Crippen molar-refractivity contribution in [2.45, 2.75) is 32.6 Å². The first-order valence-electron chi connectivity index (χ1n) is 9.34. The zero-order valence-electron chi connectivity index (χ0n) is 15.6. The summed E-state index contributed by atoms with van der Waals surface area (Å²) in [6.45, 7) is 6.41. The molecule has 5 nitrogen and oxygen atoms in total. The fourth-order valence-corrected chi connectivity index (χ4v) is 4.08. The lowest BCUT2D eigenvalue weighted by molar-refractivity contribution is -0.928. The number of hydrogen-bond donors (Lipinski definition) is 2. The zero-order chi connectivity index (χ0) is 19.0. The van der Waals surface area contributed by atoms with Crippen molar-refractivity contribution in [3.05, 3.63) is 64.5 Å². The third kappa shape index (κ3) is 3.61. The minimum absolute atomic E-state index is 0.160. The summed E-state index contributed by atoms with van der Waals surface area (Å²) >= 11 is 0. The highest BCUT2D eigenvalue weighted by atomic mass is 16.5. The second-order valence-electron chi connectivity index (χ2n) is 7.38. The fourth-order valence-electron chi connectivity index (χ4n) is 4.08. The van der Waals surface area contributed by atoms with Gasteiger partial charge in [-0.15, -0.1) is 0 Å². The number of aromatic hydroxyl groups is 1. The summed E-state index contributed by atoms with van der Waals surface area (Å²) in [5.41, 5.74) is 2.51. The molecule has 4 rings (SSSR count). The van der Waals surface area contributed by atoms with Gasteiger partial charge in [-0.1, -0.05) is 30.3 Å². The highest BCUT2D eigenvalue weighted by molar-refractivity contribution is 5.95. The number of quaternary nitrogens is 1. The number of nitrogens with one attached hydrogen (secondary N) is 1. The number of fused-ring (bicyclic) bond motifs is 1. The molecule has 3 aromatic rings. The molecule has 2 aromatic carbocycles. The Morgan fingerprint density at radius 1 is 1.07 bits per heavy atom. The molecule has 0 spiro atoms. The first kappa shape index (κ1) is 17.8. The van der Waals surface area contributed by atoms with Gasteiger partial charge in [0.05, 0.1) is 5.56 Å². The van der Waals surface area contributed by atoms with E-state index in [1.165, 1.54) is 11.0 Å². The Hall–Kier alpha value is -2.63. The molecule has 27 heavy (non-hydrogen) atoms. The van der Waals surface area contributed by atoms with Crippen molar-refractivity contribution in [1.82, 2.24) is 0 Å². The van der Waals surface area contributed by atoms with Crippen LogP contribution in [0.15, 0.2) is 57.7 Å². The topological polar surface area (TPSA) is 64.1 Å². The summed E-state index contributed by atoms with van der Waals surface area (Å²) in [5, 5.41) is 11.4. The molecule has 0 saturated carbocycles. The molecule has 1 aliphatic rings. The number of phenolic OH excluding ortho intramolecular Hbond substituents is 1. The molecule has 2 heterocycles. The average Bonchev–Trinajstić information content (AvgIpc) is 2.63. The lowest BCUT2D eigenvalue weighted by Crippen LogP contribution is -3.14. The number of ether oxygens (including phenoxy) is 1. The number of hydrogen-bond acceptors (Lipinski definition) is 4. The third-order valence-corrected chi connectivity index (χ3v) is 5.12. The predicted molar refractivity (Wildman–Crippen MR) is 104 cm³/mol. The van der Waals surface area contributed by atoms with Crippen LogP contribution in [0.3, 0.4) is 0 Å². The molecule has 1 aliphatic heterocycles. The van der Waals surface area contributed by atoms with Gasteiger partial charge in [0, 0.05) is 11.5 Å². The molecule has 2 atom stereocenters. The maximum Gasteiger partial charge on any atom is 0.336 e. The van der Waals surface area contributed by atoms with Crippen LogP contribution in [0.25, 0.3) is 22.1 Å². The standard InChI is InChI=1S/C22H23NO4/c1-14-11-23(12-15(2)26-14)13-19-20(24)9-8-17-18(10-21(25)27-22(17)19)16-6-4-3-5-7-16/h3-10,14-15,24H,11-13H2,1-2H3/p+1/t14-,15-/m1/s1. The van der Waals surface area contributed by atoms with Crippen LogP contribution in [0.4, 0.5) is 0 Å². The Morgan fingerprint density at radius 3 is 2.48 bits per heavy atom. The monoisotopic (exact) mass is 366 g/mol. The third-order valence-electron chi connectivity index (χ3n) is 5.12. The second kappa shape index (κ2) is 7.18. The van der Waals surface area contributed by atoms with E-state index in [1.807, 2.05) is 36.4 Å². The van der Waals surface area contributed by atoms with Gasteiger partial charge in [0.1, 0.15) is 37.6 Å². The molecule has 1 aromatic heterocycles. The van der Waals surface area contributed by atoms with Gasteiger partial charge < -0.3 is 19.2 Å². The minimum atomic E-state index is -0.410. The predicted octanol–water partition coefficient (Wildman–Crippen LogP) is 2.36. The summed E-state index contributed by atoms with van der Waals surface area (Å²) in [4.78, 5) is 13.6. The number of phenols is 1. The van der Waals surface area contributed by atoms with Crippen LogP contribution in [0.2, 0.25) is 0 Å². The van der Waals surface area contributed by atoms with Crippen LogP contribution in [0.5, 0.6) is 5.75 Å². The van der Waals surface area contributed by atoms with Crippen molar-refractivity contribution in [3.8, 4) is 16.9 Å². The van der Waals surface area contributed by atoms with E-state index in [1.54, 1.807) is 6.07 Å². The largest absolute Gasteiger partial charge is 0.507 e. The van der Waals surface area contributed by atoms with E-state index in [0.29, 0.717) is 17.7 Å². The van der Waals surface area contributed by atoms with Crippen molar-refractivity contribution in [1.29, 1.82) is 0 Å². The van der Waals surface area contributed by atoms with Crippen molar-refractivity contribution >= 4 is 11.0 Å². The maximum atomic E-state index is 12.3. The number of morpholine rings is 1. The number of benzene rings is 2. The molecule has 2 N–H and O–H groups in total. The van der Waals surface area contributed by atoms with Crippen LogP contribution >= 0.6 is 0 Å². The van der Waals surface area contributed by atoms with Crippen molar-refractivity contribution in [2.24, 2.45) is 0 Å². The molecular formula is C22H24NO4+. The molecule has 5 heteroatoms. The Bertz CT molecular complexity index is 1000. The summed E-state index contributed by atoms with van der Waals surface area (Å²) in [6.07, 6.45) is 0.320. The Kier molecular flexibility index (Phi) is 4.72. The number of rotatable bonds is 3. The van der Waals surface area contributed by atoms with E-state index in [2.05, 4.69) is 13.8 Å². The summed E-state index contributed by atoms with van der Waals surface area (Å²) in [5.74, 6) is 0.162.